The molecule has 2 aliphatic rings. The van der Waals surface area contributed by atoms with Crippen molar-refractivity contribution in [2.75, 3.05) is 26.3 Å². The average Bonchev–Trinajstić information content (AvgIpc) is 2.91. The van der Waals surface area contributed by atoms with E-state index in [1.165, 1.54) is 0 Å². The maximum atomic E-state index is 12.5. The number of nitrogens with one attached hydrogen (secondary N) is 1. The third-order valence-electron chi connectivity index (χ3n) is 5.57. The Morgan fingerprint density at radius 1 is 1.12 bits per heavy atom. The van der Waals surface area contributed by atoms with Crippen molar-refractivity contribution in [2.45, 2.75) is 44.7 Å². The fourth-order valence-corrected chi connectivity index (χ4v) is 4.34. The number of halogens is 1. The molecule has 0 aliphatic carbocycles. The molecule has 2 aliphatic heterocycles. The Labute approximate surface area is 146 Å². The summed E-state index contributed by atoms with van der Waals surface area (Å²) in [6.07, 6.45) is 4.31. The van der Waals surface area contributed by atoms with Crippen LogP contribution in [0.4, 0.5) is 0 Å². The summed E-state index contributed by atoms with van der Waals surface area (Å²) in [4.78, 5) is 18.0. The van der Waals surface area contributed by atoms with Gasteiger partial charge >= 0.3 is 5.69 Å². The second-order valence-corrected chi connectivity index (χ2v) is 7.44. The number of aromatic amines is 1. The Balaban J connectivity index is 1.55. The molecule has 130 valence electrons. The number of ether oxygens (including phenoxy) is 1. The number of imidazole rings is 1. The molecule has 6 heteroatoms. The Kier molecular flexibility index (Phi) is 4.41. The van der Waals surface area contributed by atoms with Gasteiger partial charge in [0.1, 0.15) is 0 Å². The number of aromatic nitrogens is 2. The van der Waals surface area contributed by atoms with Gasteiger partial charge in [0, 0.05) is 43.4 Å². The molecule has 1 N–H and O–H groups in total. The molecule has 0 saturated carbocycles. The number of rotatable bonds is 2. The van der Waals surface area contributed by atoms with Crippen LogP contribution in [0.5, 0.6) is 0 Å². The minimum Gasteiger partial charge on any atom is -0.381 e. The molecule has 2 fully saturated rings. The number of hydrogen-bond acceptors (Lipinski definition) is 3. The number of benzene rings is 1. The van der Waals surface area contributed by atoms with Gasteiger partial charge in [0.15, 0.2) is 0 Å². The average molecular weight is 350 g/mol. The summed E-state index contributed by atoms with van der Waals surface area (Å²) in [5.74, 6) is 0. The molecule has 24 heavy (non-hydrogen) atoms. The van der Waals surface area contributed by atoms with Gasteiger partial charge in [-0.2, -0.15) is 0 Å². The lowest BCUT2D eigenvalue weighted by Crippen LogP contribution is -2.45. The predicted octanol–water partition coefficient (Wildman–Crippen LogP) is 3.11. The van der Waals surface area contributed by atoms with Crippen LogP contribution >= 0.6 is 11.6 Å². The quantitative estimate of drug-likeness (QED) is 0.906. The van der Waals surface area contributed by atoms with E-state index in [1.54, 1.807) is 0 Å². The standard InChI is InChI=1S/C18H24ClN3O2/c1-12-10-17-16(11-15(12)19)20-18(23)22(17)14-2-6-21(7-3-14)13-4-8-24-9-5-13/h10-11,13-14H,2-9H2,1H3,(H,20,23). The number of H-pyrrole nitrogens is 1. The second kappa shape index (κ2) is 6.54. The molecule has 5 nitrogen and oxygen atoms in total. The van der Waals surface area contributed by atoms with Crippen LogP contribution in [0.15, 0.2) is 16.9 Å². The summed E-state index contributed by atoms with van der Waals surface area (Å²) in [5.41, 5.74) is 2.81. The van der Waals surface area contributed by atoms with Crippen LogP contribution in [-0.4, -0.2) is 46.8 Å². The van der Waals surface area contributed by atoms with Crippen molar-refractivity contribution in [3.8, 4) is 0 Å². The molecule has 0 radical (unpaired) electrons. The van der Waals surface area contributed by atoms with Gasteiger partial charge in [0.2, 0.25) is 0 Å². The predicted molar refractivity (Wildman–Crippen MR) is 96.0 cm³/mol. The zero-order valence-electron chi connectivity index (χ0n) is 14.1. The van der Waals surface area contributed by atoms with Gasteiger partial charge in [-0.05, 0) is 50.3 Å². The molecule has 1 aromatic carbocycles. The molecule has 0 spiro atoms. The first kappa shape index (κ1) is 16.2. The van der Waals surface area contributed by atoms with Crippen molar-refractivity contribution >= 4 is 22.6 Å². The van der Waals surface area contributed by atoms with Crippen LogP contribution in [0.25, 0.3) is 11.0 Å². The Bertz CT molecular complexity index is 783. The molecule has 0 bridgehead atoms. The summed E-state index contributed by atoms with van der Waals surface area (Å²) in [6.45, 7) is 5.86. The summed E-state index contributed by atoms with van der Waals surface area (Å²) in [7, 11) is 0. The minimum atomic E-state index is -0.0174. The van der Waals surface area contributed by atoms with Gasteiger partial charge in [-0.1, -0.05) is 11.6 Å². The molecule has 2 saturated heterocycles. The van der Waals surface area contributed by atoms with Crippen molar-refractivity contribution in [1.82, 2.24) is 14.5 Å². The van der Waals surface area contributed by atoms with Crippen molar-refractivity contribution in [3.05, 3.63) is 33.2 Å². The highest BCUT2D eigenvalue weighted by molar-refractivity contribution is 6.32. The summed E-state index contributed by atoms with van der Waals surface area (Å²) in [5, 5.41) is 0.699. The molecule has 2 aromatic rings. The first-order valence-corrected chi connectivity index (χ1v) is 9.23. The molecule has 3 heterocycles. The van der Waals surface area contributed by atoms with E-state index in [1.807, 2.05) is 23.6 Å². The Morgan fingerprint density at radius 2 is 1.83 bits per heavy atom. The maximum Gasteiger partial charge on any atom is 0.326 e. The maximum absolute atomic E-state index is 12.5. The largest absolute Gasteiger partial charge is 0.381 e. The van der Waals surface area contributed by atoms with E-state index in [9.17, 15) is 4.79 Å². The number of fused-ring (bicyclic) bond motifs is 1. The van der Waals surface area contributed by atoms with E-state index < -0.39 is 0 Å². The van der Waals surface area contributed by atoms with E-state index in [4.69, 9.17) is 16.3 Å². The van der Waals surface area contributed by atoms with E-state index in [-0.39, 0.29) is 11.7 Å². The van der Waals surface area contributed by atoms with Crippen molar-refractivity contribution in [2.24, 2.45) is 0 Å². The number of nitrogens with zero attached hydrogens (tertiary/aromatic N) is 2. The van der Waals surface area contributed by atoms with Gasteiger partial charge in [-0.25, -0.2) is 4.79 Å². The monoisotopic (exact) mass is 349 g/mol. The van der Waals surface area contributed by atoms with Crippen LogP contribution in [0.3, 0.4) is 0 Å². The fraction of sp³-hybridized carbons (Fsp3) is 0.611. The number of likely N-dealkylation sites (tertiary alicyclic amines) is 1. The number of hydrogen-bond donors (Lipinski definition) is 1. The molecular formula is C18H24ClN3O2. The fourth-order valence-electron chi connectivity index (χ4n) is 4.17. The normalized spacial score (nSPS) is 21.6. The third-order valence-corrected chi connectivity index (χ3v) is 5.98. The lowest BCUT2D eigenvalue weighted by Gasteiger charge is -2.39. The topological polar surface area (TPSA) is 50.3 Å². The minimum absolute atomic E-state index is 0.0174. The number of piperidine rings is 1. The van der Waals surface area contributed by atoms with Crippen LogP contribution in [0.1, 0.15) is 37.3 Å². The van der Waals surface area contributed by atoms with E-state index in [0.29, 0.717) is 11.1 Å². The number of aryl methyl sites for hydroxylation is 1. The summed E-state index contributed by atoms with van der Waals surface area (Å²) >= 11 is 6.19. The zero-order chi connectivity index (χ0) is 16.7. The first-order chi connectivity index (χ1) is 11.6. The summed E-state index contributed by atoms with van der Waals surface area (Å²) < 4.78 is 7.41. The Hall–Kier alpha value is -1.30. The molecule has 0 unspecified atom stereocenters. The molecule has 4 rings (SSSR count). The van der Waals surface area contributed by atoms with Crippen LogP contribution in [0, 0.1) is 6.92 Å². The highest BCUT2D eigenvalue weighted by Gasteiger charge is 2.28. The van der Waals surface area contributed by atoms with E-state index in [0.717, 1.165) is 68.6 Å². The van der Waals surface area contributed by atoms with Gasteiger partial charge in [-0.15, -0.1) is 0 Å². The second-order valence-electron chi connectivity index (χ2n) is 7.03. The van der Waals surface area contributed by atoms with Crippen LogP contribution < -0.4 is 5.69 Å². The van der Waals surface area contributed by atoms with Crippen LogP contribution in [0.2, 0.25) is 5.02 Å². The van der Waals surface area contributed by atoms with Crippen molar-refractivity contribution in [1.29, 1.82) is 0 Å². The molecule has 1 aromatic heterocycles. The third kappa shape index (κ3) is 2.89. The van der Waals surface area contributed by atoms with Gasteiger partial charge in [-0.3, -0.25) is 4.57 Å². The van der Waals surface area contributed by atoms with Gasteiger partial charge in [0.25, 0.3) is 0 Å². The zero-order valence-corrected chi connectivity index (χ0v) is 14.8. The smallest absolute Gasteiger partial charge is 0.326 e. The molecular weight excluding hydrogens is 326 g/mol. The van der Waals surface area contributed by atoms with Crippen molar-refractivity contribution < 1.29 is 4.74 Å². The lowest BCUT2D eigenvalue weighted by molar-refractivity contribution is 0.0220. The van der Waals surface area contributed by atoms with E-state index in [2.05, 4.69) is 9.88 Å². The first-order valence-electron chi connectivity index (χ1n) is 8.85. The molecule has 0 atom stereocenters. The Morgan fingerprint density at radius 3 is 2.54 bits per heavy atom. The lowest BCUT2D eigenvalue weighted by atomic mass is 9.99. The van der Waals surface area contributed by atoms with Crippen molar-refractivity contribution in [3.63, 3.8) is 0 Å². The van der Waals surface area contributed by atoms with Gasteiger partial charge < -0.3 is 14.6 Å². The summed E-state index contributed by atoms with van der Waals surface area (Å²) in [6, 6.07) is 4.81. The van der Waals surface area contributed by atoms with Gasteiger partial charge in [0.05, 0.1) is 11.0 Å². The SMILES string of the molecule is Cc1cc2c(cc1Cl)[nH]c(=O)n2C1CCN(C2CCOCC2)CC1. The highest BCUT2D eigenvalue weighted by atomic mass is 35.5. The van der Waals surface area contributed by atoms with Crippen LogP contribution in [-0.2, 0) is 4.74 Å². The van der Waals surface area contributed by atoms with E-state index >= 15 is 0 Å². The molecule has 0 amide bonds. The highest BCUT2D eigenvalue weighted by Crippen LogP contribution is 2.29.